The summed E-state index contributed by atoms with van der Waals surface area (Å²) in [5.41, 5.74) is 15.8. The predicted molar refractivity (Wildman–Crippen MR) is 91.9 cm³/mol. The maximum absolute atomic E-state index is 5.85. The molecule has 0 amide bonds. The van der Waals surface area contributed by atoms with Gasteiger partial charge in [0.25, 0.3) is 0 Å². The topological polar surface area (TPSA) is 62.1 Å². The number of nitrogens with one attached hydrogen (secondary N) is 3. The van der Waals surface area contributed by atoms with Crippen LogP contribution in [0.2, 0.25) is 0 Å². The summed E-state index contributed by atoms with van der Waals surface area (Å²) in [5, 5.41) is 3.40. The van der Waals surface area contributed by atoms with E-state index in [4.69, 9.17) is 5.73 Å². The monoisotopic (exact) mass is 290 g/mol. The van der Waals surface area contributed by atoms with Crippen LogP contribution in [0.1, 0.15) is 47.1 Å². The maximum atomic E-state index is 5.85. The Morgan fingerprint density at radius 3 is 2.14 bits per heavy atom. The summed E-state index contributed by atoms with van der Waals surface area (Å²) in [7, 11) is 0. The van der Waals surface area contributed by atoms with E-state index < -0.39 is 0 Å². The SMILES string of the molecule is C/C=C(\NNC(C)Nc1ccc(C(C)(C)C)cc1)C(C)N. The van der Waals surface area contributed by atoms with E-state index in [1.807, 2.05) is 19.9 Å². The normalized spacial score (nSPS) is 15.5. The van der Waals surface area contributed by atoms with Crippen LogP contribution < -0.4 is 21.9 Å². The zero-order chi connectivity index (χ0) is 16.0. The Hall–Kier alpha value is -1.52. The second kappa shape index (κ2) is 7.48. The minimum absolute atomic E-state index is 0.0132. The first-order chi connectivity index (χ1) is 9.74. The van der Waals surface area contributed by atoms with Crippen LogP contribution >= 0.6 is 0 Å². The van der Waals surface area contributed by atoms with E-state index in [0.717, 1.165) is 11.4 Å². The molecular weight excluding hydrogens is 260 g/mol. The summed E-state index contributed by atoms with van der Waals surface area (Å²) in [6.07, 6.45) is 2.06. The van der Waals surface area contributed by atoms with Crippen molar-refractivity contribution in [2.45, 2.75) is 59.2 Å². The Morgan fingerprint density at radius 2 is 1.71 bits per heavy atom. The zero-order valence-corrected chi connectivity index (χ0v) is 14.1. The Bertz CT molecular complexity index is 455. The van der Waals surface area contributed by atoms with Gasteiger partial charge in [-0.25, -0.2) is 5.43 Å². The van der Waals surface area contributed by atoms with Gasteiger partial charge in [-0.1, -0.05) is 39.0 Å². The molecule has 0 heterocycles. The van der Waals surface area contributed by atoms with Crippen molar-refractivity contribution in [3.8, 4) is 0 Å². The number of benzene rings is 1. The van der Waals surface area contributed by atoms with Gasteiger partial charge in [0.2, 0.25) is 0 Å². The molecule has 0 aliphatic carbocycles. The Morgan fingerprint density at radius 1 is 1.14 bits per heavy atom. The Balaban J connectivity index is 2.54. The van der Waals surface area contributed by atoms with Crippen molar-refractivity contribution in [1.82, 2.24) is 10.9 Å². The third-order valence-electron chi connectivity index (χ3n) is 3.37. The van der Waals surface area contributed by atoms with Crippen molar-refractivity contribution in [3.63, 3.8) is 0 Å². The van der Waals surface area contributed by atoms with Crippen LogP contribution in [0.15, 0.2) is 36.0 Å². The summed E-state index contributed by atoms with van der Waals surface area (Å²) >= 11 is 0. The lowest BCUT2D eigenvalue weighted by Crippen LogP contribution is -2.45. The molecule has 1 aromatic rings. The molecule has 0 fully saturated rings. The van der Waals surface area contributed by atoms with Gasteiger partial charge >= 0.3 is 0 Å². The van der Waals surface area contributed by atoms with E-state index in [1.54, 1.807) is 0 Å². The molecule has 1 aromatic carbocycles. The van der Waals surface area contributed by atoms with Crippen LogP contribution in [0, 0.1) is 0 Å². The van der Waals surface area contributed by atoms with Crippen LogP contribution in [-0.4, -0.2) is 12.2 Å². The Labute approximate surface area is 129 Å². The molecule has 5 N–H and O–H groups in total. The smallest absolute Gasteiger partial charge is 0.0911 e. The molecule has 0 aliphatic heterocycles. The molecule has 2 atom stereocenters. The molecule has 0 aromatic heterocycles. The van der Waals surface area contributed by atoms with Gasteiger partial charge in [0.15, 0.2) is 0 Å². The molecule has 2 unspecified atom stereocenters. The average Bonchev–Trinajstić information content (AvgIpc) is 2.38. The standard InChI is InChI=1S/C17H30N4/c1-7-16(12(2)18)21-20-13(3)19-15-10-8-14(9-11-15)17(4,5)6/h7-13,19-21H,18H2,1-6H3/b16-7-. The lowest BCUT2D eigenvalue weighted by molar-refractivity contribution is 0.509. The van der Waals surface area contributed by atoms with Crippen LogP contribution in [-0.2, 0) is 5.41 Å². The summed E-state index contributed by atoms with van der Waals surface area (Å²) in [6, 6.07) is 8.55. The molecule has 118 valence electrons. The van der Waals surface area contributed by atoms with Gasteiger partial charge in [0, 0.05) is 17.4 Å². The van der Waals surface area contributed by atoms with Gasteiger partial charge < -0.3 is 16.5 Å². The molecule has 0 saturated carbocycles. The molecule has 0 aliphatic rings. The summed E-state index contributed by atoms with van der Waals surface area (Å²) in [6.45, 7) is 12.6. The van der Waals surface area contributed by atoms with E-state index >= 15 is 0 Å². The van der Waals surface area contributed by atoms with E-state index in [2.05, 4.69) is 68.1 Å². The Kier molecular flexibility index (Phi) is 6.24. The number of hydrogen-bond donors (Lipinski definition) is 4. The quantitative estimate of drug-likeness (QED) is 0.480. The number of allylic oxidation sites excluding steroid dienone is 1. The second-order valence-corrected chi connectivity index (χ2v) is 6.50. The fourth-order valence-electron chi connectivity index (χ4n) is 1.99. The highest BCUT2D eigenvalue weighted by Crippen LogP contribution is 2.23. The van der Waals surface area contributed by atoms with Gasteiger partial charge in [-0.15, -0.1) is 0 Å². The van der Waals surface area contributed by atoms with Gasteiger partial charge in [-0.3, -0.25) is 0 Å². The second-order valence-electron chi connectivity index (χ2n) is 6.50. The summed E-state index contributed by atoms with van der Waals surface area (Å²) in [5.74, 6) is 0. The van der Waals surface area contributed by atoms with Crippen LogP contribution in [0.4, 0.5) is 5.69 Å². The largest absolute Gasteiger partial charge is 0.369 e. The number of nitrogens with two attached hydrogens (primary N) is 1. The average molecular weight is 290 g/mol. The molecule has 0 bridgehead atoms. The van der Waals surface area contributed by atoms with Crippen LogP contribution in [0.25, 0.3) is 0 Å². The van der Waals surface area contributed by atoms with Crippen LogP contribution in [0.5, 0.6) is 0 Å². The first-order valence-corrected chi connectivity index (χ1v) is 7.54. The predicted octanol–water partition coefficient (Wildman–Crippen LogP) is 3.09. The molecular formula is C17H30N4. The lowest BCUT2D eigenvalue weighted by atomic mass is 9.87. The number of hydrazine groups is 1. The van der Waals surface area contributed by atoms with Gasteiger partial charge in [-0.05, 0) is 43.9 Å². The zero-order valence-electron chi connectivity index (χ0n) is 14.1. The minimum Gasteiger partial charge on any atom is -0.369 e. The molecule has 0 radical (unpaired) electrons. The fraction of sp³-hybridized carbons (Fsp3) is 0.529. The van der Waals surface area contributed by atoms with E-state index in [9.17, 15) is 0 Å². The highest BCUT2D eigenvalue weighted by molar-refractivity contribution is 5.46. The van der Waals surface area contributed by atoms with E-state index in [1.165, 1.54) is 5.56 Å². The fourth-order valence-corrected chi connectivity index (χ4v) is 1.99. The van der Waals surface area contributed by atoms with E-state index in [-0.39, 0.29) is 17.6 Å². The summed E-state index contributed by atoms with van der Waals surface area (Å²) in [4.78, 5) is 0. The van der Waals surface area contributed by atoms with Gasteiger partial charge in [0.05, 0.1) is 6.17 Å². The van der Waals surface area contributed by atoms with Crippen molar-refractivity contribution in [2.24, 2.45) is 5.73 Å². The first kappa shape index (κ1) is 17.5. The molecule has 1 rings (SSSR count). The van der Waals surface area contributed by atoms with Gasteiger partial charge in [0.1, 0.15) is 0 Å². The maximum Gasteiger partial charge on any atom is 0.0911 e. The molecule has 21 heavy (non-hydrogen) atoms. The highest BCUT2D eigenvalue weighted by atomic mass is 15.4. The molecule has 0 spiro atoms. The molecule has 4 nitrogen and oxygen atoms in total. The number of hydrogen-bond acceptors (Lipinski definition) is 4. The number of rotatable bonds is 6. The van der Waals surface area contributed by atoms with Crippen molar-refractivity contribution in [3.05, 3.63) is 41.6 Å². The first-order valence-electron chi connectivity index (χ1n) is 7.54. The molecule has 0 saturated heterocycles. The number of anilines is 1. The third-order valence-corrected chi connectivity index (χ3v) is 3.37. The van der Waals surface area contributed by atoms with Crippen molar-refractivity contribution < 1.29 is 0 Å². The van der Waals surface area contributed by atoms with Crippen LogP contribution in [0.3, 0.4) is 0 Å². The molecule has 4 heteroatoms. The highest BCUT2D eigenvalue weighted by Gasteiger charge is 2.13. The van der Waals surface area contributed by atoms with Crippen molar-refractivity contribution >= 4 is 5.69 Å². The lowest BCUT2D eigenvalue weighted by Gasteiger charge is -2.22. The minimum atomic E-state index is -0.0132. The van der Waals surface area contributed by atoms with Crippen molar-refractivity contribution in [1.29, 1.82) is 0 Å². The summed E-state index contributed by atoms with van der Waals surface area (Å²) < 4.78 is 0. The van der Waals surface area contributed by atoms with Gasteiger partial charge in [-0.2, -0.15) is 0 Å². The van der Waals surface area contributed by atoms with E-state index in [0.29, 0.717) is 0 Å². The van der Waals surface area contributed by atoms with Crippen molar-refractivity contribution in [2.75, 3.05) is 5.32 Å². The third kappa shape index (κ3) is 5.78.